The first kappa shape index (κ1) is 6.92. The molecule has 0 aliphatic carbocycles. The molecule has 0 aromatic rings. The van der Waals surface area contributed by atoms with E-state index in [9.17, 15) is 10.0 Å². The molecule has 1 rings (SSSR count). The standard InChI is InChI=1S/C6H7N2O2/c1-2-3-5-6(9)4-7-8(5)10/h4H,1-3H2. The van der Waals surface area contributed by atoms with E-state index in [1.54, 1.807) is 0 Å². The van der Waals surface area contributed by atoms with Crippen molar-refractivity contribution in [3.63, 3.8) is 0 Å². The van der Waals surface area contributed by atoms with Gasteiger partial charge in [-0.25, -0.2) is 0 Å². The van der Waals surface area contributed by atoms with E-state index in [2.05, 4.69) is 12.0 Å². The quantitative estimate of drug-likeness (QED) is 0.403. The van der Waals surface area contributed by atoms with E-state index in [1.165, 1.54) is 0 Å². The van der Waals surface area contributed by atoms with Crippen LogP contribution in [0.2, 0.25) is 0 Å². The predicted octanol–water partition coefficient (Wildman–Crippen LogP) is 0.120. The van der Waals surface area contributed by atoms with Crippen LogP contribution >= 0.6 is 0 Å². The van der Waals surface area contributed by atoms with Crippen LogP contribution in [0.4, 0.5) is 0 Å². The summed E-state index contributed by atoms with van der Waals surface area (Å²) < 4.78 is 0. The number of carbonyl (C=O) groups excluding carboxylic acids is 1. The number of ketones is 1. The summed E-state index contributed by atoms with van der Waals surface area (Å²) in [6.45, 7) is 3.52. The minimum Gasteiger partial charge on any atom is -0.594 e. The van der Waals surface area contributed by atoms with Gasteiger partial charge in [-0.3, -0.25) is 4.79 Å². The molecule has 0 N–H and O–H groups in total. The maximum absolute atomic E-state index is 10.7. The molecule has 1 aliphatic rings. The second-order valence-corrected chi connectivity index (χ2v) is 1.93. The van der Waals surface area contributed by atoms with E-state index in [-0.39, 0.29) is 11.5 Å². The Labute approximate surface area is 58.4 Å². The van der Waals surface area contributed by atoms with E-state index in [0.29, 0.717) is 17.7 Å². The first-order chi connectivity index (χ1) is 4.75. The largest absolute Gasteiger partial charge is 0.594 e. The molecule has 0 unspecified atom stereocenters. The van der Waals surface area contributed by atoms with E-state index < -0.39 is 0 Å². The van der Waals surface area contributed by atoms with Gasteiger partial charge in [0, 0.05) is 11.5 Å². The maximum Gasteiger partial charge on any atom is 0.273 e. The van der Waals surface area contributed by atoms with Crippen molar-refractivity contribution in [2.24, 2.45) is 5.10 Å². The molecule has 53 valence electrons. The monoisotopic (exact) mass is 139 g/mol. The second-order valence-electron chi connectivity index (χ2n) is 1.93. The van der Waals surface area contributed by atoms with Gasteiger partial charge in [0.25, 0.3) is 11.5 Å². The number of Topliss-reactive ketones (excluding diaryl/α,β-unsaturated/α-hetero) is 1. The predicted molar refractivity (Wildman–Crippen MR) is 36.7 cm³/mol. The van der Waals surface area contributed by atoms with Crippen molar-refractivity contribution in [2.75, 3.05) is 0 Å². The molecule has 0 amide bonds. The third-order valence-electron chi connectivity index (χ3n) is 1.21. The highest BCUT2D eigenvalue weighted by molar-refractivity contribution is 6.60. The van der Waals surface area contributed by atoms with Gasteiger partial charge in [-0.1, -0.05) is 11.8 Å². The molecule has 0 spiro atoms. The van der Waals surface area contributed by atoms with Crippen LogP contribution in [0.3, 0.4) is 0 Å². The Morgan fingerprint density at radius 1 is 1.80 bits per heavy atom. The molecule has 0 aromatic heterocycles. The zero-order valence-electron chi connectivity index (χ0n) is 5.41. The Morgan fingerprint density at radius 2 is 2.50 bits per heavy atom. The van der Waals surface area contributed by atoms with Crippen LogP contribution in [0.25, 0.3) is 0 Å². The Balaban J connectivity index is 2.75. The summed E-state index contributed by atoms with van der Waals surface area (Å²) in [5, 5.41) is 13.9. The summed E-state index contributed by atoms with van der Waals surface area (Å²) in [7, 11) is 0. The summed E-state index contributed by atoms with van der Waals surface area (Å²) in [4.78, 5) is 11.1. The molecule has 0 aromatic carbocycles. The molecule has 1 aliphatic heterocycles. The van der Waals surface area contributed by atoms with Crippen molar-refractivity contribution in [1.82, 2.24) is 0 Å². The molecule has 0 bridgehead atoms. The summed E-state index contributed by atoms with van der Waals surface area (Å²) in [6.07, 6.45) is 1.98. The van der Waals surface area contributed by atoms with Gasteiger partial charge in [-0.2, -0.15) is 0 Å². The minimum absolute atomic E-state index is 0.190. The van der Waals surface area contributed by atoms with Gasteiger partial charge >= 0.3 is 0 Å². The highest BCUT2D eigenvalue weighted by Gasteiger charge is 2.23. The highest BCUT2D eigenvalue weighted by Crippen LogP contribution is 1.97. The molecular formula is C6H7N2O2. The number of hydrogen-bond donors (Lipinski definition) is 0. The highest BCUT2D eigenvalue weighted by atomic mass is 16.5. The van der Waals surface area contributed by atoms with Gasteiger partial charge in [0.1, 0.15) is 6.21 Å². The zero-order valence-corrected chi connectivity index (χ0v) is 5.41. The number of nitrogens with zero attached hydrogens (tertiary/aromatic N) is 2. The molecular weight excluding hydrogens is 132 g/mol. The van der Waals surface area contributed by atoms with Crippen LogP contribution in [0.5, 0.6) is 0 Å². The van der Waals surface area contributed by atoms with Gasteiger partial charge in [-0.05, 0) is 6.42 Å². The third-order valence-corrected chi connectivity index (χ3v) is 1.21. The number of rotatable bonds is 2. The SMILES string of the molecule is [CH2]CCC1=[N+]([O-])N=CC1=O. The molecule has 0 saturated heterocycles. The molecule has 0 saturated carbocycles. The van der Waals surface area contributed by atoms with Crippen molar-refractivity contribution >= 4 is 17.7 Å². The van der Waals surface area contributed by atoms with Crippen molar-refractivity contribution in [2.45, 2.75) is 12.8 Å². The van der Waals surface area contributed by atoms with Gasteiger partial charge in [0.2, 0.25) is 0 Å². The summed E-state index contributed by atoms with van der Waals surface area (Å²) >= 11 is 0. The Bertz CT molecular complexity index is 218. The fraction of sp³-hybridized carbons (Fsp3) is 0.333. The fourth-order valence-corrected chi connectivity index (χ4v) is 0.730. The van der Waals surface area contributed by atoms with Crippen molar-refractivity contribution < 1.29 is 9.64 Å². The number of carbonyl (C=O) groups is 1. The minimum atomic E-state index is -0.293. The van der Waals surface area contributed by atoms with Crippen LogP contribution in [0.1, 0.15) is 12.8 Å². The molecule has 4 nitrogen and oxygen atoms in total. The molecule has 0 atom stereocenters. The fourth-order valence-electron chi connectivity index (χ4n) is 0.730. The van der Waals surface area contributed by atoms with Crippen LogP contribution in [0.15, 0.2) is 5.10 Å². The average Bonchev–Trinajstić information content (AvgIpc) is 2.20. The van der Waals surface area contributed by atoms with Gasteiger partial charge in [0.05, 0.1) is 0 Å². The summed E-state index contributed by atoms with van der Waals surface area (Å²) in [5.41, 5.74) is 0.190. The van der Waals surface area contributed by atoms with E-state index in [4.69, 9.17) is 0 Å². The Kier molecular flexibility index (Phi) is 1.80. The van der Waals surface area contributed by atoms with Crippen molar-refractivity contribution in [3.8, 4) is 0 Å². The Hall–Kier alpha value is -1.19. The van der Waals surface area contributed by atoms with Gasteiger partial charge in [0.15, 0.2) is 0 Å². The van der Waals surface area contributed by atoms with E-state index in [1.807, 2.05) is 0 Å². The van der Waals surface area contributed by atoms with Crippen LogP contribution in [0, 0.1) is 12.1 Å². The second kappa shape index (κ2) is 2.60. The van der Waals surface area contributed by atoms with E-state index in [0.717, 1.165) is 6.21 Å². The molecule has 1 heterocycles. The Morgan fingerprint density at radius 3 is 2.90 bits per heavy atom. The molecule has 4 heteroatoms. The molecule has 0 fully saturated rings. The lowest BCUT2D eigenvalue weighted by Gasteiger charge is -1.92. The lowest BCUT2D eigenvalue weighted by atomic mass is 10.2. The third kappa shape index (κ3) is 1.05. The molecule has 1 radical (unpaired) electrons. The first-order valence-electron chi connectivity index (χ1n) is 2.96. The first-order valence-corrected chi connectivity index (χ1v) is 2.96. The topological polar surface area (TPSA) is 55.5 Å². The molecule has 10 heavy (non-hydrogen) atoms. The van der Waals surface area contributed by atoms with Crippen LogP contribution in [-0.2, 0) is 4.79 Å². The zero-order chi connectivity index (χ0) is 7.56. The van der Waals surface area contributed by atoms with E-state index >= 15 is 0 Å². The normalized spacial score (nSPS) is 17.1. The number of hydrazone groups is 1. The van der Waals surface area contributed by atoms with Gasteiger partial charge < -0.3 is 5.21 Å². The van der Waals surface area contributed by atoms with Crippen molar-refractivity contribution in [1.29, 1.82) is 0 Å². The summed E-state index contributed by atoms with van der Waals surface area (Å²) in [6, 6.07) is 0. The van der Waals surface area contributed by atoms with Gasteiger partial charge in [-0.15, -0.1) is 0 Å². The summed E-state index contributed by atoms with van der Waals surface area (Å²) in [5.74, 6) is -0.293. The lowest BCUT2D eigenvalue weighted by molar-refractivity contribution is -0.459. The lowest BCUT2D eigenvalue weighted by Crippen LogP contribution is -2.15. The number of hydrogen-bond acceptors (Lipinski definition) is 3. The van der Waals surface area contributed by atoms with Crippen LogP contribution in [-0.4, -0.2) is 22.6 Å². The van der Waals surface area contributed by atoms with Crippen molar-refractivity contribution in [3.05, 3.63) is 12.1 Å². The smallest absolute Gasteiger partial charge is 0.273 e. The maximum atomic E-state index is 10.7. The average molecular weight is 139 g/mol. The van der Waals surface area contributed by atoms with Crippen LogP contribution < -0.4 is 0 Å².